The molecule has 22 heavy (non-hydrogen) atoms. The zero-order chi connectivity index (χ0) is 15.2. The smallest absolute Gasteiger partial charge is 0.224 e. The normalized spacial score (nSPS) is 24.5. The van der Waals surface area contributed by atoms with Crippen LogP contribution in [0.4, 0.5) is 0 Å². The van der Waals surface area contributed by atoms with Gasteiger partial charge in [-0.1, -0.05) is 30.3 Å². The van der Waals surface area contributed by atoms with Gasteiger partial charge in [0.25, 0.3) is 0 Å². The van der Waals surface area contributed by atoms with Gasteiger partial charge in [-0.25, -0.2) is 0 Å². The molecule has 2 aliphatic rings. The summed E-state index contributed by atoms with van der Waals surface area (Å²) >= 11 is 0. The Morgan fingerprint density at radius 3 is 2.82 bits per heavy atom. The fourth-order valence-corrected chi connectivity index (χ4v) is 3.43. The van der Waals surface area contributed by atoms with Crippen LogP contribution in [0.2, 0.25) is 0 Å². The molecule has 120 valence electrons. The van der Waals surface area contributed by atoms with Crippen LogP contribution in [-0.2, 0) is 16.0 Å². The molecular weight excluding hydrogens is 276 g/mol. The Morgan fingerprint density at radius 2 is 2.14 bits per heavy atom. The second kappa shape index (κ2) is 7.75. The quantitative estimate of drug-likeness (QED) is 0.874. The Morgan fingerprint density at radius 1 is 1.27 bits per heavy atom. The standard InChI is InChI=1S/C18H26N2O2/c21-18(13-16-7-4-10-19-16)20(17-9-12-22-14-17)11-8-15-5-2-1-3-6-15/h1-3,5-6,16-17,19H,4,7-14H2. The largest absolute Gasteiger partial charge is 0.379 e. The highest BCUT2D eigenvalue weighted by Crippen LogP contribution is 2.17. The third-order valence-corrected chi connectivity index (χ3v) is 4.73. The zero-order valence-corrected chi connectivity index (χ0v) is 13.2. The molecule has 0 aromatic heterocycles. The van der Waals surface area contributed by atoms with Gasteiger partial charge in [-0.2, -0.15) is 0 Å². The van der Waals surface area contributed by atoms with Crippen LogP contribution in [0.15, 0.2) is 30.3 Å². The van der Waals surface area contributed by atoms with E-state index in [9.17, 15) is 4.79 Å². The highest BCUT2D eigenvalue weighted by atomic mass is 16.5. The maximum absolute atomic E-state index is 12.7. The van der Waals surface area contributed by atoms with Gasteiger partial charge in [0.15, 0.2) is 0 Å². The van der Waals surface area contributed by atoms with Crippen LogP contribution in [0.1, 0.15) is 31.2 Å². The number of nitrogens with zero attached hydrogens (tertiary/aromatic N) is 1. The van der Waals surface area contributed by atoms with Crippen molar-refractivity contribution in [1.29, 1.82) is 0 Å². The van der Waals surface area contributed by atoms with E-state index in [0.29, 0.717) is 19.1 Å². The molecule has 3 rings (SSSR count). The first-order valence-corrected chi connectivity index (χ1v) is 8.47. The zero-order valence-electron chi connectivity index (χ0n) is 13.2. The van der Waals surface area contributed by atoms with E-state index >= 15 is 0 Å². The van der Waals surface area contributed by atoms with E-state index in [1.165, 1.54) is 12.0 Å². The van der Waals surface area contributed by atoms with E-state index in [1.807, 2.05) is 6.07 Å². The van der Waals surface area contributed by atoms with Gasteiger partial charge in [0, 0.05) is 25.6 Å². The summed E-state index contributed by atoms with van der Waals surface area (Å²) in [6, 6.07) is 11.0. The Kier molecular flexibility index (Phi) is 5.46. The lowest BCUT2D eigenvalue weighted by molar-refractivity contribution is -0.134. The van der Waals surface area contributed by atoms with Gasteiger partial charge in [-0.3, -0.25) is 4.79 Å². The average Bonchev–Trinajstić information content (AvgIpc) is 3.22. The second-order valence-electron chi connectivity index (χ2n) is 6.34. The number of carbonyl (C=O) groups is 1. The summed E-state index contributed by atoms with van der Waals surface area (Å²) in [5.41, 5.74) is 1.29. The van der Waals surface area contributed by atoms with Crippen LogP contribution in [-0.4, -0.2) is 49.2 Å². The minimum atomic E-state index is 0.262. The lowest BCUT2D eigenvalue weighted by atomic mass is 10.1. The van der Waals surface area contributed by atoms with E-state index in [2.05, 4.69) is 34.5 Å². The molecule has 2 atom stereocenters. The number of carbonyl (C=O) groups excluding carboxylic acids is 1. The van der Waals surface area contributed by atoms with Crippen molar-refractivity contribution in [2.75, 3.05) is 26.3 Å². The first-order valence-electron chi connectivity index (χ1n) is 8.47. The van der Waals surface area contributed by atoms with Crippen molar-refractivity contribution in [3.63, 3.8) is 0 Å². The summed E-state index contributed by atoms with van der Waals surface area (Å²) in [7, 11) is 0. The van der Waals surface area contributed by atoms with Gasteiger partial charge >= 0.3 is 0 Å². The summed E-state index contributed by atoms with van der Waals surface area (Å²) in [6.07, 6.45) is 4.83. The van der Waals surface area contributed by atoms with Gasteiger partial charge in [0.2, 0.25) is 5.91 Å². The molecule has 1 aromatic rings. The van der Waals surface area contributed by atoms with Crippen LogP contribution in [0.5, 0.6) is 0 Å². The van der Waals surface area contributed by atoms with Crippen LogP contribution in [0, 0.1) is 0 Å². The third-order valence-electron chi connectivity index (χ3n) is 4.73. The fourth-order valence-electron chi connectivity index (χ4n) is 3.43. The van der Waals surface area contributed by atoms with Gasteiger partial charge in [0.1, 0.15) is 0 Å². The number of rotatable bonds is 6. The molecule has 2 heterocycles. The van der Waals surface area contributed by atoms with Crippen molar-refractivity contribution < 1.29 is 9.53 Å². The minimum Gasteiger partial charge on any atom is -0.379 e. The molecule has 0 bridgehead atoms. The van der Waals surface area contributed by atoms with Crippen molar-refractivity contribution in [2.24, 2.45) is 0 Å². The first kappa shape index (κ1) is 15.5. The van der Waals surface area contributed by atoms with Crippen LogP contribution < -0.4 is 5.32 Å². The molecule has 2 unspecified atom stereocenters. The third kappa shape index (κ3) is 4.08. The van der Waals surface area contributed by atoms with E-state index in [4.69, 9.17) is 4.74 Å². The molecule has 1 N–H and O–H groups in total. The Labute approximate surface area is 132 Å². The van der Waals surface area contributed by atoms with Crippen LogP contribution >= 0.6 is 0 Å². The van der Waals surface area contributed by atoms with Crippen LogP contribution in [0.25, 0.3) is 0 Å². The molecule has 4 nitrogen and oxygen atoms in total. The molecule has 2 saturated heterocycles. The number of amides is 1. The summed E-state index contributed by atoms with van der Waals surface area (Å²) < 4.78 is 5.50. The maximum atomic E-state index is 12.7. The molecule has 1 amide bonds. The Bertz CT molecular complexity index is 465. The van der Waals surface area contributed by atoms with Crippen molar-refractivity contribution in [2.45, 2.75) is 44.2 Å². The molecule has 2 aliphatic heterocycles. The van der Waals surface area contributed by atoms with Gasteiger partial charge in [-0.15, -0.1) is 0 Å². The molecule has 1 aromatic carbocycles. The summed E-state index contributed by atoms with van der Waals surface area (Å²) in [5, 5.41) is 3.43. The van der Waals surface area contributed by atoms with E-state index < -0.39 is 0 Å². The molecule has 0 saturated carbocycles. The number of ether oxygens (including phenoxy) is 1. The first-order chi connectivity index (χ1) is 10.8. The number of hydrogen-bond acceptors (Lipinski definition) is 3. The maximum Gasteiger partial charge on any atom is 0.224 e. The van der Waals surface area contributed by atoms with Crippen molar-refractivity contribution in [3.05, 3.63) is 35.9 Å². The molecule has 0 radical (unpaired) electrons. The lowest BCUT2D eigenvalue weighted by Gasteiger charge is -2.29. The van der Waals surface area contributed by atoms with Crippen LogP contribution in [0.3, 0.4) is 0 Å². The monoisotopic (exact) mass is 302 g/mol. The minimum absolute atomic E-state index is 0.262. The van der Waals surface area contributed by atoms with Crippen molar-refractivity contribution >= 4 is 5.91 Å². The number of hydrogen-bond donors (Lipinski definition) is 1. The lowest BCUT2D eigenvalue weighted by Crippen LogP contribution is -2.44. The molecule has 4 heteroatoms. The Balaban J connectivity index is 1.59. The molecular formula is C18H26N2O2. The predicted molar refractivity (Wildman–Crippen MR) is 86.7 cm³/mol. The summed E-state index contributed by atoms with van der Waals surface area (Å²) in [4.78, 5) is 14.8. The van der Waals surface area contributed by atoms with Gasteiger partial charge in [0.05, 0.1) is 12.6 Å². The van der Waals surface area contributed by atoms with Gasteiger partial charge in [-0.05, 0) is 37.8 Å². The van der Waals surface area contributed by atoms with Gasteiger partial charge < -0.3 is 15.0 Å². The predicted octanol–water partition coefficient (Wildman–Crippen LogP) is 1.99. The summed E-state index contributed by atoms with van der Waals surface area (Å²) in [6.45, 7) is 3.32. The van der Waals surface area contributed by atoms with Crippen molar-refractivity contribution in [1.82, 2.24) is 10.2 Å². The Hall–Kier alpha value is -1.39. The second-order valence-corrected chi connectivity index (χ2v) is 6.34. The number of benzene rings is 1. The topological polar surface area (TPSA) is 41.6 Å². The highest BCUT2D eigenvalue weighted by Gasteiger charge is 2.29. The molecule has 0 aliphatic carbocycles. The average molecular weight is 302 g/mol. The SMILES string of the molecule is O=C(CC1CCCN1)N(CCc1ccccc1)C1CCOC1. The van der Waals surface area contributed by atoms with Crippen molar-refractivity contribution in [3.8, 4) is 0 Å². The molecule has 2 fully saturated rings. The number of nitrogens with one attached hydrogen (secondary N) is 1. The van der Waals surface area contributed by atoms with E-state index in [1.54, 1.807) is 0 Å². The van der Waals surface area contributed by atoms with E-state index in [-0.39, 0.29) is 11.9 Å². The molecule has 0 spiro atoms. The highest BCUT2D eigenvalue weighted by molar-refractivity contribution is 5.77. The fraction of sp³-hybridized carbons (Fsp3) is 0.611. The van der Waals surface area contributed by atoms with E-state index in [0.717, 1.165) is 39.0 Å². The summed E-state index contributed by atoms with van der Waals surface area (Å²) in [5.74, 6) is 0.283.